The molecule has 0 bridgehead atoms. The van der Waals surface area contributed by atoms with Crippen molar-refractivity contribution in [3.63, 3.8) is 0 Å². The van der Waals surface area contributed by atoms with Crippen molar-refractivity contribution >= 4 is 12.8 Å². The number of rotatable bonds is 0. The summed E-state index contributed by atoms with van der Waals surface area (Å²) in [6.07, 6.45) is 0.750. The van der Waals surface area contributed by atoms with E-state index >= 15 is 0 Å². The molecule has 56 valence electrons. The first-order chi connectivity index (χ1) is 4.24. The first-order valence-electron chi connectivity index (χ1n) is 2.33. The molecule has 9 heavy (non-hydrogen) atoms. The maximum Gasteiger partial charge on any atom is 0.290 e. The quantitative estimate of drug-likeness (QED) is 0.456. The summed E-state index contributed by atoms with van der Waals surface area (Å²) in [5, 5.41) is 14.5. The maximum atomic E-state index is 8.81. The lowest BCUT2D eigenvalue weighted by Crippen LogP contribution is -1.57. The Kier molecular flexibility index (Phi) is 104. The lowest BCUT2D eigenvalue weighted by Gasteiger charge is -1.52. The third-order valence-electron chi connectivity index (χ3n) is 0. The molecule has 0 radical (unpaired) electrons. The maximum absolute atomic E-state index is 8.81. The molecule has 0 aromatic heterocycles. The van der Waals surface area contributed by atoms with Crippen LogP contribution in [0.1, 0.15) is 13.8 Å². The van der Waals surface area contributed by atoms with Crippen molar-refractivity contribution in [2.45, 2.75) is 13.8 Å². The molecule has 0 fully saturated rings. The molecule has 0 rings (SSSR count). The molecule has 0 unspecified atom stereocenters. The first kappa shape index (κ1) is 15.7. The Morgan fingerprint density at radius 2 is 1.44 bits per heavy atom. The number of hydrogen-bond acceptors (Lipinski definition) is 3. The molecule has 4 heteroatoms. The van der Waals surface area contributed by atoms with Crippen LogP contribution in [0.2, 0.25) is 0 Å². The van der Waals surface area contributed by atoms with Crippen LogP contribution in [-0.2, 0) is 9.59 Å². The number of carbonyl (C=O) groups is 2. The molecule has 0 amide bonds. The highest BCUT2D eigenvalue weighted by atomic mass is 16.3. The summed E-state index contributed by atoms with van der Waals surface area (Å²) in [5.41, 5.74) is 0. The van der Waals surface area contributed by atoms with Gasteiger partial charge in [-0.15, -0.1) is 0 Å². The number of carbonyl (C=O) groups excluding carboxylic acids is 1. The van der Waals surface area contributed by atoms with Gasteiger partial charge in [0, 0.05) is 6.61 Å². The van der Waals surface area contributed by atoms with Gasteiger partial charge in [-0.2, -0.15) is 0 Å². The molecule has 0 aliphatic carbocycles. The number of hydrogen-bond donors (Lipinski definition) is 2. The van der Waals surface area contributed by atoms with Gasteiger partial charge in [0.1, 0.15) is 6.29 Å². The van der Waals surface area contributed by atoms with Crippen molar-refractivity contribution in [2.24, 2.45) is 0 Å². The van der Waals surface area contributed by atoms with Gasteiger partial charge in [0.2, 0.25) is 0 Å². The first-order valence-corrected chi connectivity index (χ1v) is 2.33. The number of carboxylic acid groups (broad SMARTS) is 1. The van der Waals surface area contributed by atoms with E-state index < -0.39 is 0 Å². The predicted molar refractivity (Wildman–Crippen MR) is 33.2 cm³/mol. The highest BCUT2D eigenvalue weighted by Crippen LogP contribution is 1.30. The van der Waals surface area contributed by atoms with E-state index in [0.717, 1.165) is 6.29 Å². The molecular weight excluding hydrogens is 124 g/mol. The lowest BCUT2D eigenvalue weighted by molar-refractivity contribution is -0.122. The van der Waals surface area contributed by atoms with E-state index in [2.05, 4.69) is 0 Å². The molecule has 2 N–H and O–H groups in total. The molecule has 0 spiro atoms. The predicted octanol–water partition coefficient (Wildman–Crippen LogP) is -0.0954. The summed E-state index contributed by atoms with van der Waals surface area (Å²) in [7, 11) is 0. The summed E-state index contributed by atoms with van der Waals surface area (Å²) >= 11 is 0. The van der Waals surface area contributed by atoms with Gasteiger partial charge in [0.05, 0.1) is 0 Å². The van der Waals surface area contributed by atoms with E-state index in [1.165, 1.54) is 6.92 Å². The second-order valence-electron chi connectivity index (χ2n) is 0.657. The zero-order chi connectivity index (χ0) is 8.12. The van der Waals surface area contributed by atoms with Crippen LogP contribution in [-0.4, -0.2) is 29.6 Å². The Bertz CT molecular complexity index is 38.2. The minimum absolute atomic E-state index is 0.250. The summed E-state index contributed by atoms with van der Waals surface area (Å²) in [6, 6.07) is 0. The Morgan fingerprint density at radius 1 is 1.44 bits per heavy atom. The second kappa shape index (κ2) is 59.9. The van der Waals surface area contributed by atoms with Crippen LogP contribution in [0.5, 0.6) is 0 Å². The van der Waals surface area contributed by atoms with Gasteiger partial charge < -0.3 is 15.0 Å². The van der Waals surface area contributed by atoms with Crippen molar-refractivity contribution in [1.82, 2.24) is 0 Å². The second-order valence-corrected chi connectivity index (χ2v) is 0.657. The van der Waals surface area contributed by atoms with Gasteiger partial charge in [-0.1, -0.05) is 0 Å². The molecule has 0 saturated heterocycles. The van der Waals surface area contributed by atoms with Crippen LogP contribution in [0.15, 0.2) is 0 Å². The zero-order valence-corrected chi connectivity index (χ0v) is 5.57. The Balaban J connectivity index is -0.0000000600. The number of aliphatic hydroxyl groups is 1. The fourth-order valence-electron chi connectivity index (χ4n) is 0. The van der Waals surface area contributed by atoms with Gasteiger partial charge in [-0.05, 0) is 13.8 Å². The van der Waals surface area contributed by atoms with E-state index in [1.807, 2.05) is 0 Å². The smallest absolute Gasteiger partial charge is 0.290 e. The van der Waals surface area contributed by atoms with Gasteiger partial charge in [-0.3, -0.25) is 4.79 Å². The van der Waals surface area contributed by atoms with Crippen molar-refractivity contribution in [1.29, 1.82) is 0 Å². The molecule has 0 saturated carbocycles. The van der Waals surface area contributed by atoms with Gasteiger partial charge in [0.15, 0.2) is 0 Å². The highest BCUT2D eigenvalue weighted by molar-refractivity contribution is 5.44. The summed E-state index contributed by atoms with van der Waals surface area (Å²) in [4.78, 5) is 17.2. The lowest BCUT2D eigenvalue weighted by atomic mass is 10.9. The van der Waals surface area contributed by atoms with Crippen molar-refractivity contribution < 1.29 is 19.8 Å². The molecule has 0 aliphatic rings. The standard InChI is InChI=1S/C2H6O.C2H4O.CH2O2/c2*1-2-3;2-1-3/h3H,2H2,1H3;2H,1H3;1H,(H,2,3). The number of aldehydes is 1. The van der Waals surface area contributed by atoms with Crippen molar-refractivity contribution in [2.75, 3.05) is 6.61 Å². The summed E-state index contributed by atoms with van der Waals surface area (Å²) in [6.45, 7) is 3.12. The number of aliphatic hydroxyl groups excluding tert-OH is 1. The molecule has 0 heterocycles. The highest BCUT2D eigenvalue weighted by Gasteiger charge is 1.34. The van der Waals surface area contributed by atoms with Crippen LogP contribution in [0.25, 0.3) is 0 Å². The van der Waals surface area contributed by atoms with Crippen LogP contribution in [0.4, 0.5) is 0 Å². The fraction of sp³-hybridized carbons (Fsp3) is 0.600. The SMILES string of the molecule is CC=O.CCO.O=CO. The van der Waals surface area contributed by atoms with E-state index in [-0.39, 0.29) is 13.1 Å². The minimum atomic E-state index is -0.250. The normalized spacial score (nSPS) is 4.78. The minimum Gasteiger partial charge on any atom is -0.483 e. The van der Waals surface area contributed by atoms with Crippen molar-refractivity contribution in [3.05, 3.63) is 0 Å². The van der Waals surface area contributed by atoms with Gasteiger partial charge >= 0.3 is 0 Å². The molecule has 0 aliphatic heterocycles. The fourth-order valence-corrected chi connectivity index (χ4v) is 0. The molecule has 0 atom stereocenters. The van der Waals surface area contributed by atoms with Crippen LogP contribution >= 0.6 is 0 Å². The summed E-state index contributed by atoms with van der Waals surface area (Å²) in [5.74, 6) is 0. The van der Waals surface area contributed by atoms with E-state index in [4.69, 9.17) is 19.8 Å². The van der Waals surface area contributed by atoms with E-state index in [9.17, 15) is 0 Å². The van der Waals surface area contributed by atoms with Crippen LogP contribution < -0.4 is 0 Å². The third kappa shape index (κ3) is 228. The molecule has 0 aromatic carbocycles. The summed E-state index contributed by atoms with van der Waals surface area (Å²) < 4.78 is 0. The molecular formula is C5H12O4. The monoisotopic (exact) mass is 136 g/mol. The average molecular weight is 136 g/mol. The largest absolute Gasteiger partial charge is 0.483 e. The Hall–Kier alpha value is -0.900. The van der Waals surface area contributed by atoms with E-state index in [0.29, 0.717) is 0 Å². The van der Waals surface area contributed by atoms with Gasteiger partial charge in [-0.25, -0.2) is 0 Å². The molecule has 0 aromatic rings. The van der Waals surface area contributed by atoms with Crippen LogP contribution in [0.3, 0.4) is 0 Å². The zero-order valence-electron chi connectivity index (χ0n) is 5.57. The third-order valence-corrected chi connectivity index (χ3v) is 0. The van der Waals surface area contributed by atoms with E-state index in [1.54, 1.807) is 6.92 Å². The topological polar surface area (TPSA) is 74.6 Å². The Labute approximate surface area is 54.1 Å². The molecule has 4 nitrogen and oxygen atoms in total. The van der Waals surface area contributed by atoms with Crippen LogP contribution in [0, 0.1) is 0 Å². The Morgan fingerprint density at radius 3 is 1.44 bits per heavy atom. The average Bonchev–Trinajstić information content (AvgIpc) is 1.70. The van der Waals surface area contributed by atoms with Gasteiger partial charge in [0.25, 0.3) is 6.47 Å². The van der Waals surface area contributed by atoms with Crippen molar-refractivity contribution in [3.8, 4) is 0 Å².